The van der Waals surface area contributed by atoms with Crippen molar-refractivity contribution < 1.29 is 9.53 Å². The summed E-state index contributed by atoms with van der Waals surface area (Å²) in [4.78, 5) is 11.5. The Kier molecular flexibility index (Phi) is 3.44. The summed E-state index contributed by atoms with van der Waals surface area (Å²) < 4.78 is 5.60. The van der Waals surface area contributed by atoms with Gasteiger partial charge in [-0.05, 0) is 24.5 Å². The molecule has 3 nitrogen and oxygen atoms in total. The minimum Gasteiger partial charge on any atom is -0.491 e. The third-order valence-corrected chi connectivity index (χ3v) is 2.72. The molecule has 1 heterocycles. The van der Waals surface area contributed by atoms with Crippen LogP contribution in [0.5, 0.6) is 5.75 Å². The number of fused-ring (bicyclic) bond motifs is 1. The molecular formula is C13H17NO2. The SMILES string of the molecule is CCCC(=O)NC1COc2ccccc2C1. The number of carbonyl (C=O) groups excluding carboxylic acids is 1. The van der Waals surface area contributed by atoms with Gasteiger partial charge < -0.3 is 10.1 Å². The molecule has 16 heavy (non-hydrogen) atoms. The predicted octanol–water partition coefficient (Wildman–Crippen LogP) is 1.91. The lowest BCUT2D eigenvalue weighted by molar-refractivity contribution is -0.122. The third-order valence-electron chi connectivity index (χ3n) is 2.72. The number of rotatable bonds is 3. The Balaban J connectivity index is 1.95. The number of benzene rings is 1. The van der Waals surface area contributed by atoms with Crippen LogP contribution < -0.4 is 10.1 Å². The van der Waals surface area contributed by atoms with E-state index < -0.39 is 0 Å². The Labute approximate surface area is 95.8 Å². The van der Waals surface area contributed by atoms with Crippen LogP contribution in [0.2, 0.25) is 0 Å². The van der Waals surface area contributed by atoms with E-state index in [1.54, 1.807) is 0 Å². The van der Waals surface area contributed by atoms with Crippen LogP contribution in [-0.4, -0.2) is 18.6 Å². The summed E-state index contributed by atoms with van der Waals surface area (Å²) in [7, 11) is 0. The van der Waals surface area contributed by atoms with Crippen LogP contribution in [0.3, 0.4) is 0 Å². The molecule has 0 saturated carbocycles. The monoisotopic (exact) mass is 219 g/mol. The van der Waals surface area contributed by atoms with Gasteiger partial charge in [0.05, 0.1) is 6.04 Å². The number of hydrogen-bond donors (Lipinski definition) is 1. The van der Waals surface area contributed by atoms with E-state index in [9.17, 15) is 4.79 Å². The van der Waals surface area contributed by atoms with Crippen molar-refractivity contribution >= 4 is 5.91 Å². The highest BCUT2D eigenvalue weighted by Crippen LogP contribution is 2.23. The van der Waals surface area contributed by atoms with Gasteiger partial charge in [0.25, 0.3) is 0 Å². The first kappa shape index (κ1) is 11.0. The van der Waals surface area contributed by atoms with Crippen LogP contribution in [-0.2, 0) is 11.2 Å². The van der Waals surface area contributed by atoms with Crippen LogP contribution in [0.15, 0.2) is 24.3 Å². The fraction of sp³-hybridized carbons (Fsp3) is 0.462. The number of para-hydroxylation sites is 1. The molecule has 0 radical (unpaired) electrons. The van der Waals surface area contributed by atoms with Gasteiger partial charge >= 0.3 is 0 Å². The van der Waals surface area contributed by atoms with Gasteiger partial charge in [0.15, 0.2) is 0 Å². The summed E-state index contributed by atoms with van der Waals surface area (Å²) in [5.74, 6) is 1.07. The topological polar surface area (TPSA) is 38.3 Å². The first-order valence-corrected chi connectivity index (χ1v) is 5.79. The van der Waals surface area contributed by atoms with Gasteiger partial charge in [-0.15, -0.1) is 0 Å². The van der Waals surface area contributed by atoms with E-state index >= 15 is 0 Å². The normalized spacial score (nSPS) is 18.4. The number of nitrogens with one attached hydrogen (secondary N) is 1. The summed E-state index contributed by atoms with van der Waals surface area (Å²) in [5, 5.41) is 3.00. The van der Waals surface area contributed by atoms with Crippen molar-refractivity contribution in [2.24, 2.45) is 0 Å². The minimum atomic E-state index is 0.119. The second kappa shape index (κ2) is 5.01. The van der Waals surface area contributed by atoms with E-state index in [0.717, 1.165) is 18.6 Å². The van der Waals surface area contributed by atoms with Crippen LogP contribution in [0.4, 0.5) is 0 Å². The summed E-state index contributed by atoms with van der Waals surface area (Å²) in [6.45, 7) is 2.58. The molecule has 0 aromatic heterocycles. The molecule has 0 spiro atoms. The van der Waals surface area contributed by atoms with Crippen LogP contribution in [0.1, 0.15) is 25.3 Å². The number of carbonyl (C=O) groups is 1. The average molecular weight is 219 g/mol. The molecular weight excluding hydrogens is 202 g/mol. The van der Waals surface area contributed by atoms with E-state index in [-0.39, 0.29) is 11.9 Å². The molecule has 1 aliphatic heterocycles. The molecule has 1 N–H and O–H groups in total. The third kappa shape index (κ3) is 2.54. The highest BCUT2D eigenvalue weighted by molar-refractivity contribution is 5.76. The Morgan fingerprint density at radius 3 is 3.12 bits per heavy atom. The van der Waals surface area contributed by atoms with Crippen molar-refractivity contribution in [1.29, 1.82) is 0 Å². The van der Waals surface area contributed by atoms with Crippen LogP contribution >= 0.6 is 0 Å². The van der Waals surface area contributed by atoms with Crippen LogP contribution in [0.25, 0.3) is 0 Å². The summed E-state index contributed by atoms with van der Waals surface area (Å²) >= 11 is 0. The predicted molar refractivity (Wildman–Crippen MR) is 62.5 cm³/mol. The lowest BCUT2D eigenvalue weighted by Crippen LogP contribution is -2.42. The molecule has 1 amide bonds. The summed E-state index contributed by atoms with van der Waals surface area (Å²) in [5.41, 5.74) is 1.18. The molecule has 1 atom stereocenters. The fourth-order valence-electron chi connectivity index (χ4n) is 1.95. The fourth-order valence-corrected chi connectivity index (χ4v) is 1.95. The van der Waals surface area contributed by atoms with Gasteiger partial charge in [-0.25, -0.2) is 0 Å². The van der Waals surface area contributed by atoms with Crippen molar-refractivity contribution in [3.8, 4) is 5.75 Å². The molecule has 0 saturated heterocycles. The van der Waals surface area contributed by atoms with Gasteiger partial charge in [0, 0.05) is 6.42 Å². The molecule has 0 bridgehead atoms. The Morgan fingerprint density at radius 2 is 2.31 bits per heavy atom. The van der Waals surface area contributed by atoms with Crippen LogP contribution in [0, 0.1) is 0 Å². The zero-order valence-corrected chi connectivity index (χ0v) is 9.53. The molecule has 0 fully saturated rings. The maximum Gasteiger partial charge on any atom is 0.220 e. The van der Waals surface area contributed by atoms with Crippen molar-refractivity contribution in [3.63, 3.8) is 0 Å². The van der Waals surface area contributed by atoms with E-state index in [0.29, 0.717) is 13.0 Å². The molecule has 1 aromatic rings. The standard InChI is InChI=1S/C13H17NO2/c1-2-5-13(15)14-11-8-10-6-3-4-7-12(10)16-9-11/h3-4,6-7,11H,2,5,8-9H2,1H3,(H,14,15). The summed E-state index contributed by atoms with van der Waals surface area (Å²) in [6.07, 6.45) is 2.35. The second-order valence-electron chi connectivity index (χ2n) is 4.14. The Morgan fingerprint density at radius 1 is 1.50 bits per heavy atom. The molecule has 0 aliphatic carbocycles. The van der Waals surface area contributed by atoms with Crippen molar-refractivity contribution in [2.45, 2.75) is 32.2 Å². The second-order valence-corrected chi connectivity index (χ2v) is 4.14. The maximum atomic E-state index is 11.5. The lowest BCUT2D eigenvalue weighted by atomic mass is 10.0. The number of amides is 1. The maximum absolute atomic E-state index is 11.5. The van der Waals surface area contributed by atoms with E-state index in [2.05, 4.69) is 5.32 Å². The van der Waals surface area contributed by atoms with Gasteiger partial charge in [0.2, 0.25) is 5.91 Å². The number of hydrogen-bond acceptors (Lipinski definition) is 2. The van der Waals surface area contributed by atoms with Gasteiger partial charge in [-0.1, -0.05) is 25.1 Å². The Hall–Kier alpha value is -1.51. The molecule has 1 aliphatic rings. The van der Waals surface area contributed by atoms with Gasteiger partial charge in [0.1, 0.15) is 12.4 Å². The van der Waals surface area contributed by atoms with Crippen molar-refractivity contribution in [2.75, 3.05) is 6.61 Å². The van der Waals surface area contributed by atoms with Gasteiger partial charge in [-0.3, -0.25) is 4.79 Å². The molecule has 1 unspecified atom stereocenters. The summed E-state index contributed by atoms with van der Waals surface area (Å²) in [6, 6.07) is 8.11. The highest BCUT2D eigenvalue weighted by Gasteiger charge is 2.20. The average Bonchev–Trinajstić information content (AvgIpc) is 2.29. The zero-order valence-electron chi connectivity index (χ0n) is 9.53. The Bertz CT molecular complexity index is 376. The van der Waals surface area contributed by atoms with Gasteiger partial charge in [-0.2, -0.15) is 0 Å². The molecule has 86 valence electrons. The first-order valence-electron chi connectivity index (χ1n) is 5.79. The first-order chi connectivity index (χ1) is 7.79. The molecule has 2 rings (SSSR count). The molecule has 1 aromatic carbocycles. The van der Waals surface area contributed by atoms with E-state index in [1.165, 1.54) is 5.56 Å². The smallest absolute Gasteiger partial charge is 0.220 e. The number of ether oxygens (including phenoxy) is 1. The van der Waals surface area contributed by atoms with Crippen molar-refractivity contribution in [1.82, 2.24) is 5.32 Å². The van der Waals surface area contributed by atoms with Crippen molar-refractivity contribution in [3.05, 3.63) is 29.8 Å². The zero-order chi connectivity index (χ0) is 11.4. The largest absolute Gasteiger partial charge is 0.491 e. The highest BCUT2D eigenvalue weighted by atomic mass is 16.5. The quantitative estimate of drug-likeness (QED) is 0.843. The van der Waals surface area contributed by atoms with E-state index in [1.807, 2.05) is 31.2 Å². The lowest BCUT2D eigenvalue weighted by Gasteiger charge is -2.25. The molecule has 3 heteroatoms. The van der Waals surface area contributed by atoms with E-state index in [4.69, 9.17) is 4.74 Å². The minimum absolute atomic E-state index is 0.119.